The van der Waals surface area contributed by atoms with Crippen LogP contribution in [-0.4, -0.2) is 5.78 Å². The number of nitrogens with zero attached hydrogens (tertiary/aromatic N) is 1. The lowest BCUT2D eigenvalue weighted by Gasteiger charge is -2.17. The average molecular weight is 211 g/mol. The Morgan fingerprint density at radius 1 is 1.25 bits per heavy atom. The molecule has 0 saturated heterocycles. The molecule has 3 rings (SSSR count). The lowest BCUT2D eigenvalue weighted by Crippen LogP contribution is -2.28. The molecule has 0 bridgehead atoms. The summed E-state index contributed by atoms with van der Waals surface area (Å²) in [4.78, 5) is 16.4. The van der Waals surface area contributed by atoms with E-state index in [9.17, 15) is 4.79 Å². The molecule has 0 N–H and O–H groups in total. The van der Waals surface area contributed by atoms with Gasteiger partial charge in [0.2, 0.25) is 0 Å². The molecular formula is C14H13NO. The number of allylic oxidation sites excluding steroid dienone is 1. The minimum absolute atomic E-state index is 0.329. The number of ketones is 1. The number of rotatable bonds is 0. The molecule has 2 aliphatic rings. The third-order valence-corrected chi connectivity index (χ3v) is 3.45. The minimum atomic E-state index is -0.379. The molecule has 1 saturated carbocycles. The standard InChI is InChI=1S/C14H13NO/c16-13-6-3-7-14(13)8-9-15-12-5-2-1-4-11(12)10-14/h1-2,4-5,8-10H,3,6-7H2. The minimum Gasteiger partial charge on any atom is -0.298 e. The van der Waals surface area contributed by atoms with E-state index in [2.05, 4.69) is 11.1 Å². The van der Waals surface area contributed by atoms with Crippen LogP contribution >= 0.6 is 0 Å². The molecular weight excluding hydrogens is 198 g/mol. The SMILES string of the molecule is O=C1CCCC12C=CN=c1ccccc1=C2. The number of fused-ring (bicyclic) bond motifs is 1. The third kappa shape index (κ3) is 1.33. The predicted molar refractivity (Wildman–Crippen MR) is 62.1 cm³/mol. The molecule has 1 atom stereocenters. The molecule has 2 nitrogen and oxygen atoms in total. The zero-order chi connectivity index (χ0) is 11.0. The maximum atomic E-state index is 12.0. The Hall–Kier alpha value is -1.70. The average Bonchev–Trinajstić information content (AvgIpc) is 2.54. The first-order valence-corrected chi connectivity index (χ1v) is 5.67. The van der Waals surface area contributed by atoms with Gasteiger partial charge in [-0.25, -0.2) is 0 Å². The highest BCUT2D eigenvalue weighted by Gasteiger charge is 2.37. The molecule has 80 valence electrons. The predicted octanol–water partition coefficient (Wildman–Crippen LogP) is 1.35. The summed E-state index contributed by atoms with van der Waals surface area (Å²) in [6.45, 7) is 0. The summed E-state index contributed by atoms with van der Waals surface area (Å²) >= 11 is 0. The van der Waals surface area contributed by atoms with Crippen LogP contribution in [0.3, 0.4) is 0 Å². The first-order valence-electron chi connectivity index (χ1n) is 5.67. The van der Waals surface area contributed by atoms with Gasteiger partial charge in [-0.05, 0) is 30.2 Å². The fraction of sp³-hybridized carbons (Fsp3) is 0.286. The van der Waals surface area contributed by atoms with Gasteiger partial charge in [-0.15, -0.1) is 0 Å². The quantitative estimate of drug-likeness (QED) is 0.637. The Morgan fingerprint density at radius 3 is 2.94 bits per heavy atom. The van der Waals surface area contributed by atoms with Crippen molar-refractivity contribution < 1.29 is 4.79 Å². The van der Waals surface area contributed by atoms with Crippen molar-refractivity contribution in [1.82, 2.24) is 0 Å². The second kappa shape index (κ2) is 3.41. The van der Waals surface area contributed by atoms with Gasteiger partial charge in [-0.3, -0.25) is 9.79 Å². The summed E-state index contributed by atoms with van der Waals surface area (Å²) in [7, 11) is 0. The summed E-state index contributed by atoms with van der Waals surface area (Å²) in [5.41, 5.74) is -0.379. The molecule has 16 heavy (non-hydrogen) atoms. The van der Waals surface area contributed by atoms with Gasteiger partial charge in [0.05, 0.1) is 10.8 Å². The monoisotopic (exact) mass is 211 g/mol. The van der Waals surface area contributed by atoms with Crippen LogP contribution in [0.4, 0.5) is 0 Å². The van der Waals surface area contributed by atoms with Crippen LogP contribution in [0.15, 0.2) is 41.5 Å². The van der Waals surface area contributed by atoms with E-state index in [1.165, 1.54) is 0 Å². The Morgan fingerprint density at radius 2 is 2.12 bits per heavy atom. The summed E-state index contributed by atoms with van der Waals surface area (Å²) in [6, 6.07) is 7.97. The lowest BCUT2D eigenvalue weighted by molar-refractivity contribution is -0.121. The molecule has 1 fully saturated rings. The Bertz CT molecular complexity index is 585. The van der Waals surface area contributed by atoms with Gasteiger partial charge in [-0.2, -0.15) is 0 Å². The molecule has 1 heterocycles. The normalized spacial score (nSPS) is 27.1. The van der Waals surface area contributed by atoms with Crippen molar-refractivity contribution in [2.24, 2.45) is 10.4 Å². The number of Topliss-reactive ketones (excluding diaryl/α,β-unsaturated/α-hetero) is 1. The van der Waals surface area contributed by atoms with Crippen LogP contribution in [0.1, 0.15) is 19.3 Å². The van der Waals surface area contributed by atoms with E-state index < -0.39 is 0 Å². The van der Waals surface area contributed by atoms with Crippen molar-refractivity contribution in [3.8, 4) is 0 Å². The zero-order valence-electron chi connectivity index (χ0n) is 9.02. The van der Waals surface area contributed by atoms with Crippen molar-refractivity contribution in [2.75, 3.05) is 0 Å². The van der Waals surface area contributed by atoms with Gasteiger partial charge in [-0.1, -0.05) is 24.3 Å². The fourth-order valence-electron chi connectivity index (χ4n) is 2.55. The van der Waals surface area contributed by atoms with E-state index in [1.807, 2.05) is 30.3 Å². The van der Waals surface area contributed by atoms with Crippen LogP contribution < -0.4 is 10.6 Å². The van der Waals surface area contributed by atoms with E-state index in [1.54, 1.807) is 6.20 Å². The first kappa shape index (κ1) is 9.52. The van der Waals surface area contributed by atoms with Gasteiger partial charge in [0.25, 0.3) is 0 Å². The van der Waals surface area contributed by atoms with E-state index in [0.717, 1.165) is 23.4 Å². The van der Waals surface area contributed by atoms with Crippen molar-refractivity contribution in [1.29, 1.82) is 0 Å². The highest BCUT2D eigenvalue weighted by Crippen LogP contribution is 2.38. The van der Waals surface area contributed by atoms with Crippen LogP contribution in [-0.2, 0) is 4.79 Å². The molecule has 1 aliphatic heterocycles. The Balaban J connectivity index is 2.27. The first-order chi connectivity index (χ1) is 7.80. The third-order valence-electron chi connectivity index (χ3n) is 3.45. The highest BCUT2D eigenvalue weighted by atomic mass is 16.1. The summed E-state index contributed by atoms with van der Waals surface area (Å²) < 4.78 is 0. The number of carbonyl (C=O) groups excluding carboxylic acids is 1. The van der Waals surface area contributed by atoms with Crippen LogP contribution in [0, 0.1) is 5.41 Å². The molecule has 0 amide bonds. The summed E-state index contributed by atoms with van der Waals surface area (Å²) in [6.07, 6.45) is 8.44. The largest absolute Gasteiger partial charge is 0.298 e. The van der Waals surface area contributed by atoms with E-state index in [0.29, 0.717) is 12.2 Å². The van der Waals surface area contributed by atoms with Crippen molar-refractivity contribution >= 4 is 11.9 Å². The van der Waals surface area contributed by atoms with Crippen molar-refractivity contribution in [3.05, 3.63) is 47.1 Å². The van der Waals surface area contributed by atoms with Crippen LogP contribution in [0.25, 0.3) is 6.08 Å². The second-order valence-electron chi connectivity index (χ2n) is 4.47. The van der Waals surface area contributed by atoms with Crippen molar-refractivity contribution in [3.63, 3.8) is 0 Å². The van der Waals surface area contributed by atoms with Gasteiger partial charge in [0.15, 0.2) is 0 Å². The summed E-state index contributed by atoms with van der Waals surface area (Å²) in [5.74, 6) is 0.329. The zero-order valence-corrected chi connectivity index (χ0v) is 9.02. The lowest BCUT2D eigenvalue weighted by atomic mass is 9.84. The number of hydrogen-bond donors (Lipinski definition) is 0. The van der Waals surface area contributed by atoms with Gasteiger partial charge in [0.1, 0.15) is 5.78 Å². The molecule has 1 aromatic rings. The highest BCUT2D eigenvalue weighted by molar-refractivity contribution is 5.94. The number of carbonyl (C=O) groups is 1. The van der Waals surface area contributed by atoms with Gasteiger partial charge in [0, 0.05) is 12.6 Å². The smallest absolute Gasteiger partial charge is 0.146 e. The number of para-hydroxylation sites is 1. The Labute approximate surface area is 94.0 Å². The Kier molecular flexibility index (Phi) is 2.03. The van der Waals surface area contributed by atoms with Crippen LogP contribution in [0.2, 0.25) is 0 Å². The van der Waals surface area contributed by atoms with Gasteiger partial charge >= 0.3 is 0 Å². The molecule has 1 spiro atoms. The topological polar surface area (TPSA) is 29.4 Å². The van der Waals surface area contributed by atoms with Crippen LogP contribution in [0.5, 0.6) is 0 Å². The molecule has 1 aliphatic carbocycles. The van der Waals surface area contributed by atoms with E-state index >= 15 is 0 Å². The van der Waals surface area contributed by atoms with Gasteiger partial charge < -0.3 is 0 Å². The molecule has 2 heteroatoms. The van der Waals surface area contributed by atoms with E-state index in [4.69, 9.17) is 0 Å². The van der Waals surface area contributed by atoms with Crippen molar-refractivity contribution in [2.45, 2.75) is 19.3 Å². The molecule has 0 aromatic heterocycles. The van der Waals surface area contributed by atoms with E-state index in [-0.39, 0.29) is 5.41 Å². The maximum absolute atomic E-state index is 12.0. The fourth-order valence-corrected chi connectivity index (χ4v) is 2.55. The number of benzene rings is 1. The number of hydrogen-bond acceptors (Lipinski definition) is 2. The molecule has 0 radical (unpaired) electrons. The second-order valence-corrected chi connectivity index (χ2v) is 4.47. The molecule has 1 aromatic carbocycles. The molecule has 1 unspecified atom stereocenters. The summed E-state index contributed by atoms with van der Waals surface area (Å²) in [5, 5.41) is 2.03. The maximum Gasteiger partial charge on any atom is 0.146 e.